The van der Waals surface area contributed by atoms with Crippen LogP contribution < -0.4 is 37.6 Å². The van der Waals surface area contributed by atoms with Gasteiger partial charge in [-0.05, 0) is 60.0 Å². The third-order valence-corrected chi connectivity index (χ3v) is 12.0. The van der Waals surface area contributed by atoms with Gasteiger partial charge in [0, 0.05) is 19.5 Å². The summed E-state index contributed by atoms with van der Waals surface area (Å²) in [5, 5.41) is 16.7. The van der Waals surface area contributed by atoms with E-state index in [-0.39, 0.29) is 19.5 Å². The molecule has 0 heterocycles. The molecule has 0 radical (unpaired) electrons. The minimum absolute atomic E-state index is 0. The number of carboxylic acids is 1. The second kappa shape index (κ2) is 24.2. The Labute approximate surface area is 312 Å². The van der Waals surface area contributed by atoms with Gasteiger partial charge in [0.15, 0.2) is 0 Å². The van der Waals surface area contributed by atoms with Gasteiger partial charge >= 0.3 is 17.3 Å². The van der Waals surface area contributed by atoms with Gasteiger partial charge in [-0.1, -0.05) is 196 Å². The second-order valence-corrected chi connectivity index (χ2v) is 15.7. The van der Waals surface area contributed by atoms with Crippen molar-refractivity contribution in [3.8, 4) is 0 Å². The number of hydrogen-bond donors (Lipinski definition) is 2. The van der Waals surface area contributed by atoms with Crippen molar-refractivity contribution in [2.24, 2.45) is 11.7 Å². The van der Waals surface area contributed by atoms with E-state index in [0.29, 0.717) is 12.3 Å². The third kappa shape index (κ3) is 14.1. The Morgan fingerprint density at radius 3 is 0.820 bits per heavy atom. The zero-order valence-electron chi connectivity index (χ0n) is 28.3. The van der Waals surface area contributed by atoms with Crippen molar-refractivity contribution in [2.75, 3.05) is 0 Å². The summed E-state index contributed by atoms with van der Waals surface area (Å²) >= 11 is 0. The van der Waals surface area contributed by atoms with Crippen molar-refractivity contribution < 1.29 is 34.0 Å². The minimum atomic E-state index is -0.913. The first-order valence-corrected chi connectivity index (χ1v) is 18.7. The molecule has 4 nitrogen and oxygen atoms in total. The Morgan fingerprint density at radius 1 is 0.520 bits per heavy atom. The Hall–Kier alpha value is -4.03. The van der Waals surface area contributed by atoms with E-state index in [4.69, 9.17) is 15.5 Å². The molecule has 50 heavy (non-hydrogen) atoms. The van der Waals surface area contributed by atoms with Gasteiger partial charge < -0.3 is 10.8 Å². The predicted molar refractivity (Wildman–Crippen MR) is 209 cm³/mol. The molecule has 1 atom stereocenters. The summed E-state index contributed by atoms with van der Waals surface area (Å²) in [6, 6.07) is 64.0. The van der Waals surface area contributed by atoms with Crippen molar-refractivity contribution in [1.82, 2.24) is 0 Å². The van der Waals surface area contributed by atoms with Gasteiger partial charge in [-0.25, -0.2) is 0 Å². The average molecular weight is 785 g/mol. The number of carboxylic acid groups (broad SMARTS) is 1. The fraction of sp³-hybridized carbons (Fsp3) is 0.116. The first kappa shape index (κ1) is 42.1. The minimum Gasteiger partial charge on any atom is -0.0622 e. The number of rotatable bonds is 9. The number of hydrogen-bond acceptors (Lipinski definition) is 2. The Bertz CT molecular complexity index is 1460. The average Bonchev–Trinajstić information content (AvgIpc) is 3.16. The molecule has 0 unspecified atom stereocenters. The molecule has 0 saturated carbocycles. The second-order valence-electron chi connectivity index (χ2n) is 11.3. The van der Waals surface area contributed by atoms with Crippen LogP contribution in [-0.2, 0) is 28.9 Å². The molecule has 0 saturated heterocycles. The van der Waals surface area contributed by atoms with Crippen molar-refractivity contribution >= 4 is 53.6 Å². The van der Waals surface area contributed by atoms with Gasteiger partial charge in [0.25, 0.3) is 0 Å². The van der Waals surface area contributed by atoms with Crippen LogP contribution in [0.5, 0.6) is 0 Å². The van der Waals surface area contributed by atoms with Crippen molar-refractivity contribution in [3.05, 3.63) is 189 Å². The Balaban J connectivity index is 0.000000267. The van der Waals surface area contributed by atoms with Crippen LogP contribution in [0.3, 0.4) is 0 Å². The molecule has 0 aliphatic carbocycles. The maximum atomic E-state index is 10.1. The van der Waals surface area contributed by atoms with Gasteiger partial charge in [-0.2, -0.15) is 0 Å². The predicted octanol–water partition coefficient (Wildman–Crippen LogP) is 7.29. The molecule has 0 spiro atoms. The summed E-state index contributed by atoms with van der Waals surface area (Å²) in [6.45, 7) is 8.39. The topological polar surface area (TPSA) is 83.2 Å². The van der Waals surface area contributed by atoms with Crippen LogP contribution >= 0.6 is 15.8 Å². The maximum Gasteiger partial charge on any atom is 0 e. The molecular weight excluding hydrogens is 741 g/mol. The zero-order chi connectivity index (χ0) is 35.3. The van der Waals surface area contributed by atoms with Gasteiger partial charge in [0.05, 0.1) is 0 Å². The fourth-order valence-electron chi connectivity index (χ4n) is 4.97. The first-order valence-electron chi connectivity index (χ1n) is 16.0. The van der Waals surface area contributed by atoms with E-state index >= 15 is 0 Å². The van der Waals surface area contributed by atoms with Gasteiger partial charge in [0.1, 0.15) is 6.04 Å². The van der Waals surface area contributed by atoms with Gasteiger partial charge in [-0.3, -0.25) is 4.79 Å². The fourth-order valence-corrected chi connectivity index (χ4v) is 9.58. The number of carbonyl (C=O) groups is 1. The SMILES string of the molecule is CC(C)C[C@H](N)C(=O)O.[C-]#[O+].[Ru].c1ccc(P(c2ccccc2)c2ccccc2)cc1.c1ccc(P(c2ccccc2)c2ccccc2)cc1. The quantitative estimate of drug-likeness (QED) is 0.0700. The summed E-state index contributed by atoms with van der Waals surface area (Å²) in [5.74, 6) is -0.556. The number of nitrogens with two attached hydrogens (primary N) is 1. The van der Waals surface area contributed by atoms with E-state index in [0.717, 1.165) is 0 Å². The Morgan fingerprint density at radius 2 is 0.700 bits per heavy atom. The molecule has 0 amide bonds. The molecule has 0 bridgehead atoms. The molecular formula is C43H43NO3P2Ru. The molecule has 0 fully saturated rings. The summed E-state index contributed by atoms with van der Waals surface area (Å²) in [6.07, 6.45) is 0.551. The van der Waals surface area contributed by atoms with Crippen LogP contribution in [-0.4, -0.2) is 17.1 Å². The normalized spacial score (nSPS) is 10.6. The van der Waals surface area contributed by atoms with Crippen LogP contribution in [0.25, 0.3) is 0 Å². The van der Waals surface area contributed by atoms with E-state index in [1.54, 1.807) is 0 Å². The van der Waals surface area contributed by atoms with E-state index in [2.05, 4.69) is 189 Å². The molecule has 6 aromatic rings. The number of benzene rings is 6. The molecule has 6 aromatic carbocycles. The third-order valence-electron chi connectivity index (χ3n) is 7.13. The summed E-state index contributed by atoms with van der Waals surface area (Å²) < 4.78 is 7.50. The summed E-state index contributed by atoms with van der Waals surface area (Å²) in [4.78, 5) is 10.1. The molecule has 0 aliphatic heterocycles. The molecule has 256 valence electrons. The Kier molecular flexibility index (Phi) is 20.4. The van der Waals surface area contributed by atoms with Crippen LogP contribution in [0.2, 0.25) is 0 Å². The summed E-state index contributed by atoms with van der Waals surface area (Å²) in [5.41, 5.74) is 5.22. The van der Waals surface area contributed by atoms with Crippen molar-refractivity contribution in [3.63, 3.8) is 0 Å². The molecule has 7 heteroatoms. The van der Waals surface area contributed by atoms with E-state index in [1.807, 2.05) is 13.8 Å². The van der Waals surface area contributed by atoms with Gasteiger partial charge in [-0.15, -0.1) is 0 Å². The smallest absolute Gasteiger partial charge is 0 e. The van der Waals surface area contributed by atoms with E-state index < -0.39 is 27.9 Å². The van der Waals surface area contributed by atoms with Crippen LogP contribution in [0, 0.1) is 12.6 Å². The van der Waals surface area contributed by atoms with Gasteiger partial charge in [0.2, 0.25) is 0 Å². The largest absolute Gasteiger partial charge is 0.0622 e. The molecule has 6 rings (SSSR count). The number of aliphatic carboxylic acids is 1. The molecule has 0 aromatic heterocycles. The standard InChI is InChI=1S/2C18H15P.C6H13NO2.CO.Ru/c2*1-4-10-16(11-5-1)19(17-12-6-2-7-13-17)18-14-8-3-9-15-18;1-4(2)3-5(7)6(8)9;1-2;/h2*1-15H;4-5H,3,7H2,1-2H3,(H,8,9);;/t;;5-;;/m..0../s1. The molecule has 0 aliphatic rings. The zero-order valence-corrected chi connectivity index (χ0v) is 31.8. The first-order chi connectivity index (χ1) is 23.9. The summed E-state index contributed by atoms with van der Waals surface area (Å²) in [7, 11) is -0.892. The van der Waals surface area contributed by atoms with Crippen LogP contribution in [0.4, 0.5) is 0 Å². The van der Waals surface area contributed by atoms with E-state index in [9.17, 15) is 4.79 Å². The molecule has 3 N–H and O–H groups in total. The van der Waals surface area contributed by atoms with Crippen LogP contribution in [0.1, 0.15) is 20.3 Å². The van der Waals surface area contributed by atoms with Crippen LogP contribution in [0.15, 0.2) is 182 Å². The maximum absolute atomic E-state index is 10.1. The van der Waals surface area contributed by atoms with Crippen molar-refractivity contribution in [1.29, 1.82) is 0 Å². The van der Waals surface area contributed by atoms with Crippen molar-refractivity contribution in [2.45, 2.75) is 26.3 Å². The monoisotopic (exact) mass is 785 g/mol. The van der Waals surface area contributed by atoms with E-state index in [1.165, 1.54) is 31.8 Å².